The van der Waals surface area contributed by atoms with E-state index in [4.69, 9.17) is 19.6 Å². The number of rotatable bonds is 10. The highest BCUT2D eigenvalue weighted by molar-refractivity contribution is 7.18. The molecule has 1 unspecified atom stereocenters. The molecule has 2 aromatic carbocycles. The number of halogens is 4. The maximum Gasteiger partial charge on any atom is 0.282 e. The molecule has 3 aromatic heterocycles. The van der Waals surface area contributed by atoms with E-state index < -0.39 is 30.6 Å². The van der Waals surface area contributed by atoms with E-state index >= 15 is 4.39 Å². The van der Waals surface area contributed by atoms with Crippen molar-refractivity contribution in [2.45, 2.75) is 31.9 Å². The van der Waals surface area contributed by atoms with E-state index in [9.17, 15) is 22.8 Å². The lowest BCUT2D eigenvalue weighted by atomic mass is 9.96. The van der Waals surface area contributed by atoms with Gasteiger partial charge in [0.15, 0.2) is 0 Å². The number of likely N-dealkylation sites (tertiary alicyclic amines) is 1. The molecule has 1 fully saturated rings. The van der Waals surface area contributed by atoms with E-state index in [0.29, 0.717) is 56.9 Å². The topological polar surface area (TPSA) is 89.8 Å². The highest BCUT2D eigenvalue weighted by Gasteiger charge is 2.46. The third-order valence-electron chi connectivity index (χ3n) is 9.16. The van der Waals surface area contributed by atoms with Crippen LogP contribution in [0.15, 0.2) is 66.6 Å². The first kappa shape index (κ1) is 34.4. The number of hydrogen-bond acceptors (Lipinski definition) is 7. The number of alkyl halides is 2. The normalized spacial score (nSPS) is 16.5. The number of nitrogens with zero attached hydrogens (tertiary/aromatic N) is 5. The predicted molar refractivity (Wildman–Crippen MR) is 185 cm³/mol. The Balaban J connectivity index is 1.37. The fourth-order valence-corrected chi connectivity index (χ4v) is 7.54. The van der Waals surface area contributed by atoms with Gasteiger partial charge in [-0.3, -0.25) is 14.3 Å². The fourth-order valence-electron chi connectivity index (χ4n) is 6.60. The lowest BCUT2D eigenvalue weighted by Gasteiger charge is -2.38. The summed E-state index contributed by atoms with van der Waals surface area (Å²) in [5, 5.41) is 7.43. The summed E-state index contributed by atoms with van der Waals surface area (Å²) in [4.78, 5) is 33.1. The van der Waals surface area contributed by atoms with Crippen LogP contribution in [0.25, 0.3) is 43.9 Å². The van der Waals surface area contributed by atoms with Crippen molar-refractivity contribution in [1.82, 2.24) is 24.6 Å². The van der Waals surface area contributed by atoms with Crippen LogP contribution in [0.4, 0.5) is 17.6 Å². The Morgan fingerprint density at radius 1 is 1.04 bits per heavy atom. The van der Waals surface area contributed by atoms with Crippen molar-refractivity contribution >= 4 is 33.2 Å². The molecule has 264 valence electrons. The number of pyridine rings is 1. The molecule has 9 nitrogen and oxygen atoms in total. The second-order valence-corrected chi connectivity index (χ2v) is 13.4. The standard InChI is InChI=1S/C37H33F4N5O4S/c1-4-30(47)45-10-11-46-28(21(45)2)18-27(43-46)35-33(32-26(39)16-24(38)17-29(32)50-13-12-49-3)36-25(9-14-51-36)34(42-35)23-7-5-22(6-8-23)15-31(48)44-19-37(40,41)20-44/h4-9,14,16-18,21H,1,10-13,15,19-20H2,2-3H3. The second-order valence-electron chi connectivity index (χ2n) is 12.5. The molecule has 5 aromatic rings. The molecule has 1 saturated heterocycles. The van der Waals surface area contributed by atoms with Gasteiger partial charge in [-0.1, -0.05) is 30.8 Å². The molecule has 0 bridgehead atoms. The van der Waals surface area contributed by atoms with Crippen LogP contribution in [-0.2, 0) is 27.3 Å². The van der Waals surface area contributed by atoms with Crippen LogP contribution in [-0.4, -0.2) is 82.3 Å². The van der Waals surface area contributed by atoms with E-state index in [2.05, 4.69) is 6.58 Å². The van der Waals surface area contributed by atoms with E-state index in [-0.39, 0.29) is 48.8 Å². The summed E-state index contributed by atoms with van der Waals surface area (Å²) < 4.78 is 70.8. The monoisotopic (exact) mass is 719 g/mol. The molecule has 2 aliphatic heterocycles. The van der Waals surface area contributed by atoms with E-state index in [1.165, 1.54) is 24.5 Å². The van der Waals surface area contributed by atoms with Crippen molar-refractivity contribution in [1.29, 1.82) is 0 Å². The van der Waals surface area contributed by atoms with Gasteiger partial charge >= 0.3 is 0 Å². The molecule has 51 heavy (non-hydrogen) atoms. The molecule has 0 spiro atoms. The van der Waals surface area contributed by atoms with Crippen LogP contribution in [0.1, 0.15) is 24.2 Å². The first-order valence-electron chi connectivity index (χ1n) is 16.3. The van der Waals surface area contributed by atoms with E-state index in [1.54, 1.807) is 33.8 Å². The number of thiophene rings is 1. The lowest BCUT2D eigenvalue weighted by molar-refractivity contribution is -0.165. The molecule has 2 aliphatic rings. The molecule has 7 rings (SSSR count). The number of amides is 2. The fraction of sp³-hybridized carbons (Fsp3) is 0.297. The largest absolute Gasteiger partial charge is 0.490 e. The molecule has 14 heteroatoms. The summed E-state index contributed by atoms with van der Waals surface area (Å²) in [6, 6.07) is 12.4. The number of aromatic nitrogens is 3. The van der Waals surface area contributed by atoms with Crippen molar-refractivity contribution < 1.29 is 36.6 Å². The van der Waals surface area contributed by atoms with Gasteiger partial charge in [-0.15, -0.1) is 11.3 Å². The molecule has 5 heterocycles. The van der Waals surface area contributed by atoms with Gasteiger partial charge in [0.2, 0.25) is 11.8 Å². The number of ether oxygens (including phenoxy) is 2. The van der Waals surface area contributed by atoms with Crippen LogP contribution in [0.5, 0.6) is 5.75 Å². The minimum atomic E-state index is -2.84. The van der Waals surface area contributed by atoms with Crippen molar-refractivity contribution in [3.05, 3.63) is 89.5 Å². The highest BCUT2D eigenvalue weighted by atomic mass is 32.1. The highest BCUT2D eigenvalue weighted by Crippen LogP contribution is 2.47. The quantitative estimate of drug-likeness (QED) is 0.0887. The molecular formula is C37H33F4N5O4S. The van der Waals surface area contributed by atoms with Gasteiger partial charge < -0.3 is 19.3 Å². The molecule has 1 atom stereocenters. The summed E-state index contributed by atoms with van der Waals surface area (Å²) in [5.41, 5.74) is 3.75. The SMILES string of the molecule is C=CC(=O)N1CCn2nc(-c3nc(-c4ccc(CC(=O)N5CC(F)(F)C5)cc4)c4ccsc4c3-c3c(F)cc(F)cc3OCCOC)cc2C1C. The van der Waals surface area contributed by atoms with Crippen molar-refractivity contribution in [3.8, 4) is 39.5 Å². The summed E-state index contributed by atoms with van der Waals surface area (Å²) >= 11 is 1.35. The summed E-state index contributed by atoms with van der Waals surface area (Å²) in [6.45, 7) is 5.41. The van der Waals surface area contributed by atoms with E-state index in [0.717, 1.165) is 22.7 Å². The summed E-state index contributed by atoms with van der Waals surface area (Å²) in [7, 11) is 1.50. The molecule has 0 saturated carbocycles. The zero-order valence-electron chi connectivity index (χ0n) is 27.8. The predicted octanol–water partition coefficient (Wildman–Crippen LogP) is 6.91. The Labute approximate surface area is 294 Å². The van der Waals surface area contributed by atoms with Crippen LogP contribution in [0.2, 0.25) is 0 Å². The zero-order chi connectivity index (χ0) is 36.0. The first-order valence-corrected chi connectivity index (χ1v) is 17.1. The van der Waals surface area contributed by atoms with Crippen LogP contribution >= 0.6 is 11.3 Å². The maximum absolute atomic E-state index is 16.1. The lowest BCUT2D eigenvalue weighted by Crippen LogP contribution is -2.58. The van der Waals surface area contributed by atoms with E-state index in [1.807, 2.05) is 24.4 Å². The number of methoxy groups -OCH3 is 1. The molecule has 0 aliphatic carbocycles. The average molecular weight is 720 g/mol. The van der Waals surface area contributed by atoms with Gasteiger partial charge in [0.1, 0.15) is 35.4 Å². The van der Waals surface area contributed by atoms with Crippen LogP contribution < -0.4 is 4.74 Å². The molecular weight excluding hydrogens is 686 g/mol. The van der Waals surface area contributed by atoms with Gasteiger partial charge in [-0.25, -0.2) is 22.5 Å². The Morgan fingerprint density at radius 3 is 2.51 bits per heavy atom. The Hall–Kier alpha value is -5.08. The Kier molecular flexibility index (Phi) is 9.14. The van der Waals surface area contributed by atoms with Gasteiger partial charge in [-0.05, 0) is 36.1 Å². The number of benzene rings is 2. The number of carbonyl (C=O) groups excluding carboxylic acids is 2. The third kappa shape index (κ3) is 6.49. The number of hydrogen-bond donors (Lipinski definition) is 0. The first-order chi connectivity index (χ1) is 24.5. The van der Waals surface area contributed by atoms with Crippen LogP contribution in [0, 0.1) is 11.6 Å². The minimum Gasteiger partial charge on any atom is -0.490 e. The van der Waals surface area contributed by atoms with Crippen molar-refractivity contribution in [2.75, 3.05) is 40.0 Å². The van der Waals surface area contributed by atoms with Crippen molar-refractivity contribution in [2.24, 2.45) is 0 Å². The van der Waals surface area contributed by atoms with Gasteiger partial charge in [-0.2, -0.15) is 5.10 Å². The number of carbonyl (C=O) groups is 2. The minimum absolute atomic E-state index is 0.0157. The van der Waals surface area contributed by atoms with Gasteiger partial charge in [0.25, 0.3) is 5.92 Å². The smallest absolute Gasteiger partial charge is 0.282 e. The van der Waals surface area contributed by atoms with Crippen molar-refractivity contribution in [3.63, 3.8) is 0 Å². The number of fused-ring (bicyclic) bond motifs is 2. The zero-order valence-corrected chi connectivity index (χ0v) is 28.6. The maximum atomic E-state index is 16.1. The Bertz CT molecular complexity index is 2160. The molecule has 0 radical (unpaired) electrons. The molecule has 2 amide bonds. The molecule has 0 N–H and O–H groups in total. The third-order valence-corrected chi connectivity index (χ3v) is 10.1. The summed E-state index contributed by atoms with van der Waals surface area (Å²) in [6.07, 6.45) is 1.24. The van der Waals surface area contributed by atoms with Crippen LogP contribution in [0.3, 0.4) is 0 Å². The summed E-state index contributed by atoms with van der Waals surface area (Å²) in [5.74, 6) is -5.11. The second kappa shape index (κ2) is 13.6. The van der Waals surface area contributed by atoms with Gasteiger partial charge in [0, 0.05) is 47.0 Å². The Morgan fingerprint density at radius 2 is 1.80 bits per heavy atom. The average Bonchev–Trinajstić information content (AvgIpc) is 3.76. The van der Waals surface area contributed by atoms with Gasteiger partial charge in [0.05, 0.1) is 55.7 Å².